The molecule has 9 nitrogen and oxygen atoms in total. The number of benzene rings is 1. The van der Waals surface area contributed by atoms with E-state index in [1.807, 2.05) is 20.8 Å². The number of sulfonamides is 1. The summed E-state index contributed by atoms with van der Waals surface area (Å²) in [4.78, 5) is 25.7. The summed E-state index contributed by atoms with van der Waals surface area (Å²) in [6, 6.07) is 4.06. The lowest BCUT2D eigenvalue weighted by Crippen LogP contribution is -2.59. The summed E-state index contributed by atoms with van der Waals surface area (Å²) in [6.07, 6.45) is -1.75. The predicted octanol–water partition coefficient (Wildman–Crippen LogP) is 4.55. The molecule has 0 unspecified atom stereocenters. The van der Waals surface area contributed by atoms with E-state index in [0.29, 0.717) is 8.95 Å². The van der Waals surface area contributed by atoms with Gasteiger partial charge in [-0.1, -0.05) is 36.7 Å². The van der Waals surface area contributed by atoms with E-state index in [4.69, 9.17) is 4.74 Å². The Kier molecular flexibility index (Phi) is 8.20. The highest BCUT2D eigenvalue weighted by Crippen LogP contribution is 2.44. The van der Waals surface area contributed by atoms with E-state index in [1.54, 1.807) is 32.9 Å². The molecule has 1 heterocycles. The maximum atomic E-state index is 13.1. The molecule has 1 fully saturated rings. The van der Waals surface area contributed by atoms with Gasteiger partial charge in [-0.05, 0) is 66.7 Å². The number of carboxylic acid groups (broad SMARTS) is 1. The van der Waals surface area contributed by atoms with Crippen molar-refractivity contribution in [1.29, 1.82) is 0 Å². The third-order valence-electron chi connectivity index (χ3n) is 5.55. The first-order valence-corrected chi connectivity index (χ1v) is 13.4. The van der Waals surface area contributed by atoms with Crippen LogP contribution in [-0.4, -0.2) is 60.9 Å². The van der Waals surface area contributed by atoms with Gasteiger partial charge in [-0.2, -0.15) is 0 Å². The van der Waals surface area contributed by atoms with Gasteiger partial charge in [-0.15, -0.1) is 0 Å². The standard InChI is InChI=1S/C21H31Br2N3O6S/c1-19(2,3)21(12-32-17(27)24-20(4,5)6)10-14(11-26(21)18(28)29)25-33(30,31)16-9-13(22)7-8-15(16)23/h7-9,14,25H,10-12H2,1-6H3,(H,24,27)(H,28,29)/t14-,21+/m1/s1. The average molecular weight is 613 g/mol. The zero-order valence-corrected chi connectivity index (χ0v) is 23.5. The minimum absolute atomic E-state index is 0.0350. The maximum absolute atomic E-state index is 13.1. The van der Waals surface area contributed by atoms with Crippen LogP contribution in [0.1, 0.15) is 48.0 Å². The Morgan fingerprint density at radius 1 is 1.21 bits per heavy atom. The molecule has 2 rings (SSSR count). The number of rotatable bonds is 5. The van der Waals surface area contributed by atoms with Gasteiger partial charge in [0.25, 0.3) is 0 Å². The number of hydrogen-bond donors (Lipinski definition) is 3. The van der Waals surface area contributed by atoms with Crippen LogP contribution in [0.2, 0.25) is 0 Å². The van der Waals surface area contributed by atoms with Crippen LogP contribution in [0.4, 0.5) is 9.59 Å². The minimum atomic E-state index is -3.96. The lowest BCUT2D eigenvalue weighted by atomic mass is 9.72. The Balaban J connectivity index is 2.35. The molecule has 0 bridgehead atoms. The molecule has 1 aliphatic heterocycles. The Hall–Kier alpha value is -1.37. The first kappa shape index (κ1) is 27.9. The van der Waals surface area contributed by atoms with Crippen LogP contribution < -0.4 is 10.0 Å². The highest BCUT2D eigenvalue weighted by atomic mass is 79.9. The largest absolute Gasteiger partial charge is 0.465 e. The smallest absolute Gasteiger partial charge is 0.407 e. The normalized spacial score (nSPS) is 21.7. The zero-order chi connectivity index (χ0) is 25.4. The molecule has 0 spiro atoms. The average Bonchev–Trinajstić information content (AvgIpc) is 2.99. The molecule has 2 amide bonds. The van der Waals surface area contributed by atoms with Crippen LogP contribution in [0.15, 0.2) is 32.0 Å². The molecule has 0 aliphatic carbocycles. The molecule has 1 aromatic rings. The van der Waals surface area contributed by atoms with Crippen molar-refractivity contribution in [1.82, 2.24) is 14.9 Å². The van der Waals surface area contributed by atoms with Crippen molar-refractivity contribution in [2.45, 2.75) is 70.0 Å². The highest BCUT2D eigenvalue weighted by molar-refractivity contribution is 9.11. The van der Waals surface area contributed by atoms with E-state index in [-0.39, 0.29) is 24.5 Å². The van der Waals surface area contributed by atoms with E-state index >= 15 is 0 Å². The minimum Gasteiger partial charge on any atom is -0.465 e. The van der Waals surface area contributed by atoms with Crippen LogP contribution in [0, 0.1) is 5.41 Å². The van der Waals surface area contributed by atoms with Crippen molar-refractivity contribution in [2.75, 3.05) is 13.2 Å². The summed E-state index contributed by atoms with van der Waals surface area (Å²) >= 11 is 6.54. The number of likely N-dealkylation sites (tertiary alicyclic amines) is 1. The van der Waals surface area contributed by atoms with Gasteiger partial charge in [0.2, 0.25) is 10.0 Å². The van der Waals surface area contributed by atoms with Crippen LogP contribution in [0.25, 0.3) is 0 Å². The highest BCUT2D eigenvalue weighted by Gasteiger charge is 2.56. The van der Waals surface area contributed by atoms with Gasteiger partial charge < -0.3 is 15.2 Å². The fourth-order valence-electron chi connectivity index (χ4n) is 3.88. The van der Waals surface area contributed by atoms with Gasteiger partial charge in [0.05, 0.1) is 10.4 Å². The van der Waals surface area contributed by atoms with Crippen LogP contribution in [-0.2, 0) is 14.8 Å². The Morgan fingerprint density at radius 2 is 1.82 bits per heavy atom. The quantitative estimate of drug-likeness (QED) is 0.448. The van der Waals surface area contributed by atoms with Crippen molar-refractivity contribution in [3.8, 4) is 0 Å². The summed E-state index contributed by atoms with van der Waals surface area (Å²) in [5.74, 6) is 0. The molecule has 1 aliphatic rings. The molecule has 3 N–H and O–H groups in total. The van der Waals surface area contributed by atoms with Gasteiger partial charge in [0, 0.05) is 27.1 Å². The van der Waals surface area contributed by atoms with Gasteiger partial charge in [-0.25, -0.2) is 22.7 Å². The van der Waals surface area contributed by atoms with Crippen molar-refractivity contribution in [3.63, 3.8) is 0 Å². The number of hydrogen-bond acceptors (Lipinski definition) is 5. The Labute approximate surface area is 211 Å². The van der Waals surface area contributed by atoms with E-state index < -0.39 is 44.7 Å². The second-order valence-corrected chi connectivity index (χ2v) is 13.7. The van der Waals surface area contributed by atoms with Gasteiger partial charge in [0.1, 0.15) is 6.61 Å². The predicted molar refractivity (Wildman–Crippen MR) is 132 cm³/mol. The number of ether oxygens (including phenoxy) is 1. The Bertz CT molecular complexity index is 1020. The van der Waals surface area contributed by atoms with Gasteiger partial charge in [0.15, 0.2) is 0 Å². The summed E-state index contributed by atoms with van der Waals surface area (Å²) in [5, 5.41) is 12.6. The topological polar surface area (TPSA) is 125 Å². The summed E-state index contributed by atoms with van der Waals surface area (Å²) in [6.45, 7) is 10.6. The molecular weight excluding hydrogens is 582 g/mol. The SMILES string of the molecule is CC(C)(C)NC(=O)OC[C@]1(C(C)(C)C)C[C@@H](NS(=O)(=O)c2cc(Br)ccc2Br)CN1C(=O)O. The van der Waals surface area contributed by atoms with Crippen molar-refractivity contribution < 1.29 is 27.9 Å². The number of nitrogens with zero attached hydrogens (tertiary/aromatic N) is 1. The molecule has 1 saturated heterocycles. The number of carbonyl (C=O) groups excluding carboxylic acids is 1. The van der Waals surface area contributed by atoms with Gasteiger partial charge >= 0.3 is 12.2 Å². The first-order chi connectivity index (χ1) is 14.9. The number of carbonyl (C=O) groups is 2. The number of amides is 2. The monoisotopic (exact) mass is 611 g/mol. The van der Waals surface area contributed by atoms with Crippen molar-refractivity contribution in [2.24, 2.45) is 5.41 Å². The van der Waals surface area contributed by atoms with Crippen LogP contribution >= 0.6 is 31.9 Å². The summed E-state index contributed by atoms with van der Waals surface area (Å²) < 4.78 is 35.3. The first-order valence-electron chi connectivity index (χ1n) is 10.3. The fourth-order valence-corrected chi connectivity index (χ4v) is 6.60. The van der Waals surface area contributed by atoms with Gasteiger partial charge in [-0.3, -0.25) is 4.90 Å². The fraction of sp³-hybridized carbons (Fsp3) is 0.619. The lowest BCUT2D eigenvalue weighted by Gasteiger charge is -2.46. The zero-order valence-electron chi connectivity index (χ0n) is 19.5. The second kappa shape index (κ2) is 9.71. The third-order valence-corrected chi connectivity index (χ3v) is 8.56. The van der Waals surface area contributed by atoms with Crippen LogP contribution in [0.5, 0.6) is 0 Å². The van der Waals surface area contributed by atoms with E-state index in [1.165, 1.54) is 11.0 Å². The van der Waals surface area contributed by atoms with E-state index in [2.05, 4.69) is 41.9 Å². The summed E-state index contributed by atoms with van der Waals surface area (Å²) in [7, 11) is -3.96. The third kappa shape index (κ3) is 6.61. The molecule has 12 heteroatoms. The Morgan fingerprint density at radius 3 is 2.33 bits per heavy atom. The molecule has 2 atom stereocenters. The number of nitrogens with one attached hydrogen (secondary N) is 2. The molecule has 1 aromatic carbocycles. The van der Waals surface area contributed by atoms with Crippen molar-refractivity contribution in [3.05, 3.63) is 27.1 Å². The second-order valence-electron chi connectivity index (χ2n) is 10.2. The molecule has 0 saturated carbocycles. The molecular formula is C21H31Br2N3O6S. The van der Waals surface area contributed by atoms with Crippen LogP contribution in [0.3, 0.4) is 0 Å². The van der Waals surface area contributed by atoms with Crippen molar-refractivity contribution >= 4 is 54.1 Å². The van der Waals surface area contributed by atoms with E-state index in [0.717, 1.165) is 0 Å². The van der Waals surface area contributed by atoms with E-state index in [9.17, 15) is 23.1 Å². The number of halogens is 2. The summed E-state index contributed by atoms with van der Waals surface area (Å²) in [5.41, 5.74) is -2.33. The lowest BCUT2D eigenvalue weighted by molar-refractivity contribution is -0.0190. The maximum Gasteiger partial charge on any atom is 0.407 e. The molecule has 33 heavy (non-hydrogen) atoms. The molecule has 186 valence electrons. The molecule has 0 radical (unpaired) electrons. The molecule has 0 aromatic heterocycles. The number of alkyl carbamates (subject to hydrolysis) is 1.